The van der Waals surface area contributed by atoms with Crippen molar-refractivity contribution in [2.45, 2.75) is 0 Å². The molecule has 0 aromatic rings. The van der Waals surface area contributed by atoms with E-state index in [0.29, 0.717) is 172 Å². The molecule has 0 fully saturated rings. The Morgan fingerprint density at radius 1 is 0.158 bits per heavy atom. The summed E-state index contributed by atoms with van der Waals surface area (Å²) in [5.74, 6) is 0. The van der Waals surface area contributed by atoms with Crippen LogP contribution in [0, 0.1) is 0 Å². The summed E-state index contributed by atoms with van der Waals surface area (Å²) < 4.78 is 0. The molecule has 0 heterocycles. The second-order valence-corrected chi connectivity index (χ2v) is 25.4. The molecule has 0 aliphatic rings. The van der Waals surface area contributed by atoms with Crippen molar-refractivity contribution in [3.05, 3.63) is 0 Å². The van der Waals surface area contributed by atoms with Gasteiger partial charge < -0.3 is 0 Å². The van der Waals surface area contributed by atoms with Crippen molar-refractivity contribution in [3.8, 4) is 0 Å². The highest BCUT2D eigenvalue weighted by atomic mass is 13.4. The van der Waals surface area contributed by atoms with Crippen molar-refractivity contribution in [3.63, 3.8) is 0 Å². The molecule has 0 N–H and O–H groups in total. The van der Waals surface area contributed by atoms with Crippen LogP contribution < -0.4 is 0 Å². The lowest BCUT2D eigenvalue weighted by molar-refractivity contribution is 3.17. The van der Waals surface area contributed by atoms with Gasteiger partial charge in [0.1, 0.15) is 0 Å². The summed E-state index contributed by atoms with van der Waals surface area (Å²) in [4.78, 5) is 0. The Morgan fingerprint density at radius 3 is 0.386 bits per heavy atom. The van der Waals surface area contributed by atoms with E-state index in [1.165, 1.54) is 7.06 Å². The third kappa shape index (κ3) is 16.5. The molecule has 57 heavy (non-hydrogen) atoms. The molecule has 0 rings (SSSR count). The van der Waals surface area contributed by atoms with Gasteiger partial charge >= 0.3 is 0 Å². The highest BCUT2D eigenvalue weighted by Gasteiger charge is 2.62. The summed E-state index contributed by atoms with van der Waals surface area (Å²) in [6.07, 6.45) is 17.8. The first-order valence-corrected chi connectivity index (χ1v) is 25.9. The highest BCUT2D eigenvalue weighted by molar-refractivity contribution is 8.37. The van der Waals surface area contributed by atoms with Gasteiger partial charge in [-0.1, -0.05) is 0 Å². The van der Waals surface area contributed by atoms with Crippen LogP contribution in [-0.2, 0) is 0 Å². The molecule has 0 spiro atoms. The summed E-state index contributed by atoms with van der Waals surface area (Å²) in [7, 11) is 77.7. The summed E-state index contributed by atoms with van der Waals surface area (Å²) >= 11 is 0. The Labute approximate surface area is 400 Å². The lowest BCUT2D eigenvalue weighted by Crippen LogP contribution is -2.96. The van der Waals surface area contributed by atoms with Crippen molar-refractivity contribution in [2.24, 2.45) is 0 Å². The minimum Gasteiger partial charge on any atom is 0.00000838 e. The Kier molecular flexibility index (Phi) is 29.8. The van der Waals surface area contributed by atoms with E-state index < -0.39 is 0 Å². The van der Waals surface area contributed by atoms with Crippen molar-refractivity contribution in [1.82, 2.24) is 0 Å². The van der Waals surface area contributed by atoms with Crippen molar-refractivity contribution < 1.29 is 0 Å². The lowest BCUT2D eigenvalue weighted by Gasteiger charge is -2.57. The lowest BCUT2D eigenvalue weighted by atomic mass is 8.23. The molecule has 0 bridgehead atoms. The zero-order valence-electron chi connectivity index (χ0n) is 45.3. The number of hydrogen-bond acceptors (Lipinski definition) is 0. The molecule has 57 heteroatoms. The van der Waals surface area contributed by atoms with E-state index in [1.807, 2.05) is 0 Å². The van der Waals surface area contributed by atoms with Gasteiger partial charge in [-0.15, -0.1) is 0 Å². The van der Waals surface area contributed by atoms with Gasteiger partial charge in [-0.3, -0.25) is 0 Å². The average Bonchev–Trinajstić information content (AvgIpc) is 2.99. The van der Waals surface area contributed by atoms with Crippen LogP contribution in [0.5, 0.6) is 0 Å². The first kappa shape index (κ1) is 60.7. The topological polar surface area (TPSA) is 0 Å². The summed E-state index contributed by atoms with van der Waals surface area (Å²) in [6.45, 7) is 0. The molecular weight excluding hydrogens is 616 g/mol. The van der Waals surface area contributed by atoms with Crippen LogP contribution in [0.2, 0.25) is 0 Å². The first-order valence-electron chi connectivity index (χ1n) is 25.9. The standard InChI is InChI=1S/B57H59/c1-30-45(31(2)3)52(44(28)29)56(53(46(32(4)5)33(6)7)47(34(8)9)35(10)11)57(54(48(36(12)13)37(14)15)49(38(16)17)39(18)19)55(50(40(20)21)41(22)23)51(42(24)25)43(26)27/h30H,1-29H2. The van der Waals surface area contributed by atoms with Crippen LogP contribution in [0.25, 0.3) is 0 Å². The van der Waals surface area contributed by atoms with Gasteiger partial charge in [0, 0.05) is 179 Å². The molecule has 0 amide bonds. The molecule has 0 aliphatic heterocycles. The van der Waals surface area contributed by atoms with E-state index >= 15 is 0 Å². The second kappa shape index (κ2) is 28.0. The van der Waals surface area contributed by atoms with Gasteiger partial charge in [-0.25, -0.2) is 0 Å². The molecule has 0 atom stereocenters. The highest BCUT2D eigenvalue weighted by Crippen LogP contribution is 2.23. The fraction of sp³-hybridized carbons (Fsp3) is 0. The van der Waals surface area contributed by atoms with Crippen LogP contribution in [0.15, 0.2) is 0 Å². The molecule has 0 aromatic carbocycles. The smallest absolute Gasteiger partial charge is 0.00000838 e. The van der Waals surface area contributed by atoms with Gasteiger partial charge in [0.25, 0.3) is 0 Å². The van der Waals surface area contributed by atoms with Crippen molar-refractivity contribution in [1.29, 1.82) is 0 Å². The number of hydrogen-bond donors (Lipinski definition) is 0. The minimum atomic E-state index is 0.634. The van der Waals surface area contributed by atoms with E-state index in [1.54, 1.807) is 0 Å². The quantitative estimate of drug-likeness (QED) is 0.0761. The van der Waals surface area contributed by atoms with E-state index in [-0.39, 0.29) is 0 Å². The molecular formula is H59B57. The molecule has 0 aromatic heterocycles. The maximum absolute atomic E-state index is 2.69. The van der Waals surface area contributed by atoms with Crippen LogP contribution >= 0.6 is 0 Å². The minimum absolute atomic E-state index is 0.634. The van der Waals surface area contributed by atoms with Crippen LogP contribution in [0.1, 0.15) is 0 Å². The van der Waals surface area contributed by atoms with Crippen LogP contribution in [0.4, 0.5) is 0 Å². The Bertz CT molecular complexity index is 863. The van der Waals surface area contributed by atoms with Crippen LogP contribution in [-0.4, -0.2) is 404 Å². The Morgan fingerprint density at radius 2 is 0.281 bits per heavy atom. The first-order chi connectivity index (χ1) is 25.9. The molecule has 0 saturated carbocycles. The van der Waals surface area contributed by atoms with E-state index in [2.05, 4.69) is 224 Å². The third-order valence-corrected chi connectivity index (χ3v) is 16.7. The SMILES string of the molecule is BBB(B(B)B)B(B(B)B)B(B(B(B(B)B)B(B)B)B(B(B)B)B(B)B)B(B(B(B(B)B)B(B)B)B(B(B)B)B(B)B)B(B(B(B)B)B(B)B)B(B(B)B)B(B)B. The normalized spacial score (nSPS) is 9.68. The molecule has 0 saturated heterocycles. The third-order valence-electron chi connectivity index (χ3n) is 16.7. The average molecular weight is 676 g/mol. The van der Waals surface area contributed by atoms with Gasteiger partial charge in [0.15, 0.2) is 0 Å². The maximum atomic E-state index is 2.69. The summed E-state index contributed by atoms with van der Waals surface area (Å²) in [5.41, 5.74) is 0. The maximum Gasteiger partial charge on any atom is 0.0593 e. The monoisotopic (exact) mass is 687 g/mol. The Balaban J connectivity index is 10.3. The summed E-state index contributed by atoms with van der Waals surface area (Å²) in [6, 6.07) is 0. The largest absolute Gasteiger partial charge is 0.0593 e. The fourth-order valence-electron chi connectivity index (χ4n) is 16.2. The van der Waals surface area contributed by atoms with Gasteiger partial charge in [0.05, 0.1) is 224 Å². The van der Waals surface area contributed by atoms with Crippen LogP contribution in [0.3, 0.4) is 0 Å². The number of rotatable bonds is 27. The fourth-order valence-corrected chi connectivity index (χ4v) is 16.2. The van der Waals surface area contributed by atoms with E-state index in [9.17, 15) is 0 Å². The summed E-state index contributed by atoms with van der Waals surface area (Å²) in [5, 5.41) is 0. The molecule has 0 unspecified atom stereocenters. The Hall–Kier alpha value is 3.70. The second-order valence-electron chi connectivity index (χ2n) is 25.4. The van der Waals surface area contributed by atoms with Crippen molar-refractivity contribution >= 4 is 404 Å². The van der Waals surface area contributed by atoms with E-state index in [4.69, 9.17) is 0 Å². The van der Waals surface area contributed by atoms with Gasteiger partial charge in [0.2, 0.25) is 0 Å². The predicted octanol–water partition coefficient (Wildman–Crippen LogP) is -37.5. The van der Waals surface area contributed by atoms with Crippen molar-refractivity contribution in [2.75, 3.05) is 0 Å². The van der Waals surface area contributed by atoms with E-state index in [0.717, 1.165) is 0 Å². The zero-order chi connectivity index (χ0) is 45.3. The molecule has 0 radical (unpaired) electrons. The zero-order valence-corrected chi connectivity index (χ0v) is 45.3. The van der Waals surface area contributed by atoms with Gasteiger partial charge in [-0.05, 0) is 0 Å². The molecule has 0 aliphatic carbocycles. The molecule has 0 nitrogen and oxygen atoms in total. The molecule has 230 valence electrons. The predicted molar refractivity (Wildman–Crippen MR) is 410 cm³/mol. The van der Waals surface area contributed by atoms with Gasteiger partial charge in [-0.2, -0.15) is 0 Å².